The molecule has 0 bridgehead atoms. The summed E-state index contributed by atoms with van der Waals surface area (Å²) in [6.07, 6.45) is 0. The van der Waals surface area contributed by atoms with E-state index in [4.69, 9.17) is 29.7 Å². The van der Waals surface area contributed by atoms with E-state index in [-0.39, 0.29) is 19.8 Å². The van der Waals surface area contributed by atoms with Gasteiger partial charge in [0.05, 0.1) is 0 Å². The van der Waals surface area contributed by atoms with Crippen molar-refractivity contribution in [2.75, 3.05) is 0 Å². The molecule has 0 heterocycles. The molecule has 0 radical (unpaired) electrons. The Morgan fingerprint density at radius 2 is 0.692 bits per heavy atom. The molecule has 13 heavy (non-hydrogen) atoms. The molecule has 0 aliphatic heterocycles. The third kappa shape index (κ3) is 994. The quantitative estimate of drug-likeness (QED) is 0.401. The van der Waals surface area contributed by atoms with Gasteiger partial charge in [-0.25, -0.2) is 0 Å². The maximum atomic E-state index is 8.89. The maximum absolute atomic E-state index is 8.89. The van der Waals surface area contributed by atoms with Gasteiger partial charge in [0.25, 0.3) is 0 Å². The van der Waals surface area contributed by atoms with Crippen LogP contribution in [-0.2, 0) is 14.4 Å². The SMILES string of the molecule is CC(=O)[O-].CC(=O)[O-].CC(=O)[O-].[Ga+3]. The third-order valence-electron chi connectivity index (χ3n) is 0. The van der Waals surface area contributed by atoms with Gasteiger partial charge in [-0.2, -0.15) is 0 Å². The first kappa shape index (κ1) is 22.7. The van der Waals surface area contributed by atoms with Gasteiger partial charge in [0.1, 0.15) is 0 Å². The molecule has 0 aromatic rings. The van der Waals surface area contributed by atoms with Crippen LogP contribution in [0.4, 0.5) is 0 Å². The second-order valence-electron chi connectivity index (χ2n) is 1.47. The van der Waals surface area contributed by atoms with Crippen LogP contribution in [0.3, 0.4) is 0 Å². The zero-order chi connectivity index (χ0) is 10.7. The topological polar surface area (TPSA) is 120 Å². The number of carbonyl (C=O) groups is 3. The van der Waals surface area contributed by atoms with Gasteiger partial charge in [-0.05, 0) is 20.8 Å². The van der Waals surface area contributed by atoms with Crippen LogP contribution in [0.2, 0.25) is 0 Å². The van der Waals surface area contributed by atoms with Crippen LogP contribution in [0.15, 0.2) is 0 Å². The molecule has 72 valence electrons. The van der Waals surface area contributed by atoms with Crippen molar-refractivity contribution < 1.29 is 29.7 Å². The molecule has 0 saturated heterocycles. The van der Waals surface area contributed by atoms with Crippen LogP contribution in [0.5, 0.6) is 0 Å². The second-order valence-corrected chi connectivity index (χ2v) is 1.47. The molecule has 6 nitrogen and oxygen atoms in total. The molecule has 0 aliphatic carbocycles. The molecule has 0 aliphatic rings. The summed E-state index contributed by atoms with van der Waals surface area (Å²) in [5.41, 5.74) is 0. The molecule has 0 spiro atoms. The van der Waals surface area contributed by atoms with E-state index in [1.165, 1.54) is 0 Å². The summed E-state index contributed by atoms with van der Waals surface area (Å²) >= 11 is 0. The van der Waals surface area contributed by atoms with E-state index in [0.717, 1.165) is 20.8 Å². The molecule has 0 aromatic heterocycles. The molecule has 0 amide bonds. The predicted octanol–water partition coefficient (Wildman–Crippen LogP) is -4.11. The molecule has 0 rings (SSSR count). The van der Waals surface area contributed by atoms with Gasteiger partial charge in [0, 0.05) is 17.9 Å². The zero-order valence-corrected chi connectivity index (χ0v) is 9.95. The summed E-state index contributed by atoms with van der Waals surface area (Å²) in [6, 6.07) is 0. The van der Waals surface area contributed by atoms with Crippen molar-refractivity contribution in [1.82, 2.24) is 0 Å². The number of hydrogen-bond donors (Lipinski definition) is 0. The van der Waals surface area contributed by atoms with Crippen molar-refractivity contribution in [3.63, 3.8) is 0 Å². The molecule has 0 aromatic carbocycles. The minimum absolute atomic E-state index is 0. The standard InChI is InChI=1S/3C2H4O2.Ga/c3*1-2(3)4;/h3*1H3,(H,3,4);/q;;;+3/p-3. The number of rotatable bonds is 0. The van der Waals surface area contributed by atoms with Crippen LogP contribution >= 0.6 is 0 Å². The smallest absolute Gasteiger partial charge is 0.550 e. The summed E-state index contributed by atoms with van der Waals surface area (Å²) in [6.45, 7) is 2.92. The van der Waals surface area contributed by atoms with Crippen molar-refractivity contribution in [2.24, 2.45) is 0 Å². The Kier molecular flexibility index (Phi) is 30.1. The van der Waals surface area contributed by atoms with Crippen molar-refractivity contribution in [3.05, 3.63) is 0 Å². The summed E-state index contributed by atoms with van der Waals surface area (Å²) in [7, 11) is 0. The van der Waals surface area contributed by atoms with Crippen molar-refractivity contribution in [2.45, 2.75) is 20.8 Å². The minimum Gasteiger partial charge on any atom is -0.550 e. The summed E-state index contributed by atoms with van der Waals surface area (Å²) in [5, 5.41) is 26.7. The van der Waals surface area contributed by atoms with Crippen molar-refractivity contribution in [3.8, 4) is 0 Å². The minimum atomic E-state index is -1.08. The fourth-order valence-corrected chi connectivity index (χ4v) is 0. The first-order valence-electron chi connectivity index (χ1n) is 2.72. The van der Waals surface area contributed by atoms with E-state index in [0.29, 0.717) is 0 Å². The first-order chi connectivity index (χ1) is 5.20. The zero-order valence-electron chi connectivity index (χ0n) is 7.53. The Morgan fingerprint density at radius 3 is 0.692 bits per heavy atom. The molecule has 0 saturated carbocycles. The van der Waals surface area contributed by atoms with E-state index < -0.39 is 17.9 Å². The molecular weight excluding hydrogens is 238 g/mol. The van der Waals surface area contributed by atoms with E-state index >= 15 is 0 Å². The van der Waals surface area contributed by atoms with Gasteiger partial charge in [-0.15, -0.1) is 0 Å². The number of carbonyl (C=O) groups excluding carboxylic acids is 3. The average Bonchev–Trinajstić information content (AvgIpc) is 1.54. The number of carboxylic acid groups (broad SMARTS) is 3. The predicted molar refractivity (Wildman–Crippen MR) is 37.8 cm³/mol. The summed E-state index contributed by atoms with van der Waals surface area (Å²) in [5.74, 6) is -3.25. The van der Waals surface area contributed by atoms with Gasteiger partial charge >= 0.3 is 19.8 Å². The van der Waals surface area contributed by atoms with Crippen LogP contribution < -0.4 is 15.3 Å². The van der Waals surface area contributed by atoms with Crippen LogP contribution in [-0.4, -0.2) is 37.7 Å². The van der Waals surface area contributed by atoms with Crippen LogP contribution in [0.25, 0.3) is 0 Å². The van der Waals surface area contributed by atoms with Crippen LogP contribution in [0, 0.1) is 0 Å². The molecule has 0 N–H and O–H groups in total. The Morgan fingerprint density at radius 1 is 0.692 bits per heavy atom. The first-order valence-corrected chi connectivity index (χ1v) is 2.72. The molecule has 0 unspecified atom stereocenters. The van der Waals surface area contributed by atoms with Gasteiger partial charge in [-0.1, -0.05) is 0 Å². The van der Waals surface area contributed by atoms with Gasteiger partial charge < -0.3 is 29.7 Å². The Bertz CT molecular complexity index is 115. The van der Waals surface area contributed by atoms with Gasteiger partial charge in [0.2, 0.25) is 0 Å². The number of hydrogen-bond acceptors (Lipinski definition) is 6. The van der Waals surface area contributed by atoms with Crippen molar-refractivity contribution in [1.29, 1.82) is 0 Å². The Hall–Kier alpha value is -0.954. The molecule has 0 fully saturated rings. The second kappa shape index (κ2) is 17.2. The van der Waals surface area contributed by atoms with Crippen LogP contribution in [0.1, 0.15) is 20.8 Å². The monoisotopic (exact) mass is 246 g/mol. The average molecular weight is 247 g/mol. The van der Waals surface area contributed by atoms with E-state index in [9.17, 15) is 0 Å². The fourth-order valence-electron chi connectivity index (χ4n) is 0. The van der Waals surface area contributed by atoms with E-state index in [2.05, 4.69) is 0 Å². The third-order valence-corrected chi connectivity index (χ3v) is 0. The Balaban J connectivity index is -0.0000000450. The van der Waals surface area contributed by atoms with Gasteiger partial charge in [0.15, 0.2) is 0 Å². The number of aliphatic carboxylic acids is 3. The molecule has 7 heteroatoms. The van der Waals surface area contributed by atoms with Crippen molar-refractivity contribution >= 4 is 37.7 Å². The largest absolute Gasteiger partial charge is 3.00 e. The normalized spacial score (nSPS) is 5.77. The van der Waals surface area contributed by atoms with E-state index in [1.54, 1.807) is 0 Å². The molecule has 0 atom stereocenters. The summed E-state index contributed by atoms with van der Waals surface area (Å²) in [4.78, 5) is 26.7. The fraction of sp³-hybridized carbons (Fsp3) is 0.500. The summed E-state index contributed by atoms with van der Waals surface area (Å²) < 4.78 is 0. The maximum Gasteiger partial charge on any atom is 3.00 e. The number of carboxylic acids is 3. The Labute approximate surface area is 88.6 Å². The van der Waals surface area contributed by atoms with Gasteiger partial charge in [-0.3, -0.25) is 0 Å². The van der Waals surface area contributed by atoms with E-state index in [1.807, 2.05) is 0 Å². The molecular formula is C6H9GaO6.